The van der Waals surface area contributed by atoms with E-state index in [1.807, 2.05) is 4.90 Å². The fraction of sp³-hybridized carbons (Fsp3) is 0.467. The standard InChI is InChI=1S/C15H18Cl2N2O2/c1-18-15(21)13-4-2-3-7-19(13)9-14(20)11-6-5-10(16)8-12(11)17/h5-6,8,13H,2-4,7,9H2,1H3,(H,18,21). The van der Waals surface area contributed by atoms with Gasteiger partial charge in [-0.3, -0.25) is 14.5 Å². The molecule has 0 saturated carbocycles. The molecule has 1 fully saturated rings. The summed E-state index contributed by atoms with van der Waals surface area (Å²) in [4.78, 5) is 26.2. The molecule has 1 atom stereocenters. The molecule has 6 heteroatoms. The number of hydrogen-bond donors (Lipinski definition) is 1. The van der Waals surface area contributed by atoms with Gasteiger partial charge in [0.2, 0.25) is 5.91 Å². The predicted octanol–water partition coefficient (Wildman–Crippen LogP) is 2.78. The second kappa shape index (κ2) is 7.25. The molecule has 0 aliphatic carbocycles. The molecule has 1 aromatic carbocycles. The van der Waals surface area contributed by atoms with Gasteiger partial charge in [-0.05, 0) is 37.6 Å². The van der Waals surface area contributed by atoms with E-state index in [4.69, 9.17) is 23.2 Å². The molecular weight excluding hydrogens is 311 g/mol. The SMILES string of the molecule is CNC(=O)C1CCCCN1CC(=O)c1ccc(Cl)cc1Cl. The van der Waals surface area contributed by atoms with Crippen LogP contribution in [0.4, 0.5) is 0 Å². The molecule has 2 rings (SSSR count). The van der Waals surface area contributed by atoms with Crippen LogP contribution in [-0.2, 0) is 4.79 Å². The maximum atomic E-state index is 12.4. The third-order valence-electron chi connectivity index (χ3n) is 3.74. The van der Waals surface area contributed by atoms with Crippen molar-refractivity contribution < 1.29 is 9.59 Å². The minimum absolute atomic E-state index is 0.0373. The van der Waals surface area contributed by atoms with Crippen LogP contribution in [0, 0.1) is 0 Å². The van der Waals surface area contributed by atoms with Crippen molar-refractivity contribution in [2.45, 2.75) is 25.3 Å². The van der Waals surface area contributed by atoms with Crippen molar-refractivity contribution in [3.05, 3.63) is 33.8 Å². The highest BCUT2D eigenvalue weighted by atomic mass is 35.5. The van der Waals surface area contributed by atoms with Gasteiger partial charge in [0.1, 0.15) is 0 Å². The van der Waals surface area contributed by atoms with Gasteiger partial charge in [0.25, 0.3) is 0 Å². The van der Waals surface area contributed by atoms with Crippen LogP contribution in [-0.4, -0.2) is 42.8 Å². The van der Waals surface area contributed by atoms with E-state index < -0.39 is 0 Å². The minimum atomic E-state index is -0.237. The van der Waals surface area contributed by atoms with E-state index in [9.17, 15) is 9.59 Å². The maximum Gasteiger partial charge on any atom is 0.237 e. The molecule has 1 aliphatic heterocycles. The minimum Gasteiger partial charge on any atom is -0.358 e. The first kappa shape index (κ1) is 16.3. The summed E-state index contributed by atoms with van der Waals surface area (Å²) >= 11 is 11.9. The quantitative estimate of drug-likeness (QED) is 0.864. The summed E-state index contributed by atoms with van der Waals surface area (Å²) in [5, 5.41) is 3.51. The molecule has 1 unspecified atom stereocenters. The Kier molecular flexibility index (Phi) is 5.62. The maximum absolute atomic E-state index is 12.4. The van der Waals surface area contributed by atoms with Crippen molar-refractivity contribution in [1.82, 2.24) is 10.2 Å². The zero-order valence-electron chi connectivity index (χ0n) is 11.9. The van der Waals surface area contributed by atoms with Gasteiger partial charge in [0.15, 0.2) is 5.78 Å². The number of ketones is 1. The van der Waals surface area contributed by atoms with Crippen LogP contribution in [0.1, 0.15) is 29.6 Å². The van der Waals surface area contributed by atoms with Gasteiger partial charge in [-0.1, -0.05) is 29.6 Å². The smallest absolute Gasteiger partial charge is 0.237 e. The van der Waals surface area contributed by atoms with Crippen molar-refractivity contribution >= 4 is 34.9 Å². The fourth-order valence-corrected chi connectivity index (χ4v) is 3.14. The fourth-order valence-electron chi connectivity index (χ4n) is 2.63. The Bertz CT molecular complexity index is 548. The third kappa shape index (κ3) is 3.96. The zero-order valence-corrected chi connectivity index (χ0v) is 13.4. The number of benzene rings is 1. The Morgan fingerprint density at radius 1 is 1.33 bits per heavy atom. The molecule has 114 valence electrons. The summed E-state index contributed by atoms with van der Waals surface area (Å²) in [7, 11) is 1.62. The lowest BCUT2D eigenvalue weighted by atomic mass is 10.00. The van der Waals surface area contributed by atoms with Gasteiger partial charge in [-0.15, -0.1) is 0 Å². The molecule has 0 aromatic heterocycles. The van der Waals surface area contributed by atoms with E-state index in [0.29, 0.717) is 15.6 Å². The lowest BCUT2D eigenvalue weighted by Gasteiger charge is -2.33. The van der Waals surface area contributed by atoms with Crippen LogP contribution in [0.15, 0.2) is 18.2 Å². The number of rotatable bonds is 4. The summed E-state index contributed by atoms with van der Waals surface area (Å²) in [6.07, 6.45) is 2.78. The Morgan fingerprint density at radius 2 is 2.10 bits per heavy atom. The highest BCUT2D eigenvalue weighted by Gasteiger charge is 2.29. The van der Waals surface area contributed by atoms with Crippen LogP contribution in [0.2, 0.25) is 10.0 Å². The molecule has 1 aliphatic rings. The second-order valence-corrected chi connectivity index (χ2v) is 5.99. The van der Waals surface area contributed by atoms with Crippen LogP contribution < -0.4 is 5.32 Å². The summed E-state index contributed by atoms with van der Waals surface area (Å²) in [5.41, 5.74) is 0.447. The van der Waals surface area contributed by atoms with Gasteiger partial charge >= 0.3 is 0 Å². The van der Waals surface area contributed by atoms with E-state index >= 15 is 0 Å². The van der Waals surface area contributed by atoms with E-state index in [1.165, 1.54) is 0 Å². The van der Waals surface area contributed by atoms with Crippen molar-refractivity contribution in [2.24, 2.45) is 0 Å². The summed E-state index contributed by atoms with van der Waals surface area (Å²) in [6.45, 7) is 0.939. The number of halogens is 2. The topological polar surface area (TPSA) is 49.4 Å². The molecule has 21 heavy (non-hydrogen) atoms. The molecule has 0 spiro atoms. The highest BCUT2D eigenvalue weighted by Crippen LogP contribution is 2.23. The van der Waals surface area contributed by atoms with Crippen LogP contribution in [0.5, 0.6) is 0 Å². The number of carbonyl (C=O) groups excluding carboxylic acids is 2. The number of carbonyl (C=O) groups is 2. The molecular formula is C15H18Cl2N2O2. The Balaban J connectivity index is 2.11. The van der Waals surface area contributed by atoms with Gasteiger partial charge in [0, 0.05) is 17.6 Å². The highest BCUT2D eigenvalue weighted by molar-refractivity contribution is 6.36. The van der Waals surface area contributed by atoms with Crippen molar-refractivity contribution in [2.75, 3.05) is 20.1 Å². The largest absolute Gasteiger partial charge is 0.358 e. The number of amides is 1. The molecule has 0 bridgehead atoms. The Labute approximate surface area is 134 Å². The summed E-state index contributed by atoms with van der Waals surface area (Å²) < 4.78 is 0. The molecule has 1 heterocycles. The van der Waals surface area contributed by atoms with Gasteiger partial charge in [0.05, 0.1) is 17.6 Å². The molecule has 4 nitrogen and oxygen atoms in total. The summed E-state index contributed by atoms with van der Waals surface area (Å²) in [6, 6.07) is 4.60. The number of nitrogens with zero attached hydrogens (tertiary/aromatic N) is 1. The van der Waals surface area contributed by atoms with Gasteiger partial charge in [-0.25, -0.2) is 0 Å². The number of hydrogen-bond acceptors (Lipinski definition) is 3. The average molecular weight is 329 g/mol. The van der Waals surface area contributed by atoms with Crippen molar-refractivity contribution in [3.8, 4) is 0 Å². The molecule has 1 N–H and O–H groups in total. The Hall–Kier alpha value is -1.10. The van der Waals surface area contributed by atoms with E-state index in [2.05, 4.69) is 5.32 Å². The van der Waals surface area contributed by atoms with Crippen molar-refractivity contribution in [3.63, 3.8) is 0 Å². The number of likely N-dealkylation sites (N-methyl/N-ethyl adjacent to an activating group) is 1. The Morgan fingerprint density at radius 3 is 2.76 bits per heavy atom. The average Bonchev–Trinajstić information content (AvgIpc) is 2.46. The number of Topliss-reactive ketones (excluding diaryl/α,β-unsaturated/α-hetero) is 1. The lowest BCUT2D eigenvalue weighted by molar-refractivity contribution is -0.126. The number of likely N-dealkylation sites (tertiary alicyclic amines) is 1. The molecule has 1 saturated heterocycles. The zero-order chi connectivity index (χ0) is 15.4. The normalized spacial score (nSPS) is 19.3. The first-order valence-electron chi connectivity index (χ1n) is 6.97. The lowest BCUT2D eigenvalue weighted by Crippen LogP contribution is -2.50. The van der Waals surface area contributed by atoms with Crippen molar-refractivity contribution in [1.29, 1.82) is 0 Å². The van der Waals surface area contributed by atoms with E-state index in [1.54, 1.807) is 25.2 Å². The van der Waals surface area contributed by atoms with Gasteiger partial charge in [-0.2, -0.15) is 0 Å². The van der Waals surface area contributed by atoms with Crippen LogP contribution in [0.25, 0.3) is 0 Å². The predicted molar refractivity (Wildman–Crippen MR) is 84.1 cm³/mol. The first-order valence-corrected chi connectivity index (χ1v) is 7.72. The number of nitrogens with one attached hydrogen (secondary N) is 1. The van der Waals surface area contributed by atoms with Crippen LogP contribution in [0.3, 0.4) is 0 Å². The summed E-state index contributed by atoms with van der Waals surface area (Å²) in [5.74, 6) is -0.128. The van der Waals surface area contributed by atoms with Crippen LogP contribution >= 0.6 is 23.2 Å². The molecule has 1 amide bonds. The third-order valence-corrected chi connectivity index (χ3v) is 4.29. The first-order chi connectivity index (χ1) is 10.0. The monoisotopic (exact) mass is 328 g/mol. The molecule has 0 radical (unpaired) electrons. The second-order valence-electron chi connectivity index (χ2n) is 5.14. The molecule has 1 aromatic rings. The van der Waals surface area contributed by atoms with E-state index in [0.717, 1.165) is 25.8 Å². The number of piperidine rings is 1. The van der Waals surface area contributed by atoms with E-state index in [-0.39, 0.29) is 24.3 Å². The van der Waals surface area contributed by atoms with Gasteiger partial charge < -0.3 is 5.32 Å².